The highest BCUT2D eigenvalue weighted by molar-refractivity contribution is 6.31. The fourth-order valence-corrected chi connectivity index (χ4v) is 1.51. The molecule has 1 heterocycles. The molecule has 2 N–H and O–H groups in total. The van der Waals surface area contributed by atoms with Crippen molar-refractivity contribution < 1.29 is 4.79 Å². The Morgan fingerprint density at radius 2 is 1.89 bits per heavy atom. The smallest absolute Gasteiger partial charge is 0.228 e. The van der Waals surface area contributed by atoms with E-state index in [0.29, 0.717) is 13.0 Å². The number of nitrogens with zero attached hydrogens (tertiary/aromatic N) is 3. The van der Waals surface area contributed by atoms with Crippen molar-refractivity contribution in [2.75, 3.05) is 11.9 Å². The second-order valence-corrected chi connectivity index (χ2v) is 4.43. The summed E-state index contributed by atoms with van der Waals surface area (Å²) in [5.41, 5.74) is 0. The minimum Gasteiger partial charge on any atom is -0.354 e. The predicted octanol–water partition coefficient (Wildman–Crippen LogP) is 1.90. The number of aromatic nitrogens is 3. The summed E-state index contributed by atoms with van der Waals surface area (Å²) in [5, 5.41) is 5.74. The Balaban J connectivity index is 2.35. The molecule has 100 valence electrons. The van der Waals surface area contributed by atoms with Gasteiger partial charge in [0.05, 0.1) is 0 Å². The molecule has 1 rings (SSSR count). The lowest BCUT2D eigenvalue weighted by molar-refractivity contribution is -0.121. The maximum absolute atomic E-state index is 11.5. The number of nitrogens with one attached hydrogen (secondary N) is 2. The third-order valence-corrected chi connectivity index (χ3v) is 2.57. The standard InChI is InChI=1S/C10H15Cl2N5O/c1-3-6(2)14-7(18)4-5-13-10-16-8(11)15-9(12)17-10/h6H,3-5H2,1-2H3,(H,14,18)(H,13,15,16,17). The summed E-state index contributed by atoms with van der Waals surface area (Å²) in [4.78, 5) is 22.7. The molecule has 0 bridgehead atoms. The first kappa shape index (κ1) is 14.9. The summed E-state index contributed by atoms with van der Waals surface area (Å²) < 4.78 is 0. The average molecular weight is 292 g/mol. The van der Waals surface area contributed by atoms with Crippen molar-refractivity contribution in [3.8, 4) is 0 Å². The molecule has 18 heavy (non-hydrogen) atoms. The SMILES string of the molecule is CCC(C)NC(=O)CCNc1nc(Cl)nc(Cl)n1. The molecular formula is C10H15Cl2N5O. The molecule has 0 aliphatic carbocycles. The molecule has 6 nitrogen and oxygen atoms in total. The number of carbonyl (C=O) groups is 1. The number of anilines is 1. The van der Waals surface area contributed by atoms with Crippen LogP contribution in [0.5, 0.6) is 0 Å². The number of hydrogen-bond donors (Lipinski definition) is 2. The van der Waals surface area contributed by atoms with Crippen molar-refractivity contribution in [1.29, 1.82) is 0 Å². The van der Waals surface area contributed by atoms with E-state index >= 15 is 0 Å². The lowest BCUT2D eigenvalue weighted by Gasteiger charge is -2.11. The molecule has 0 aliphatic rings. The number of carbonyl (C=O) groups excluding carboxylic acids is 1. The summed E-state index contributed by atoms with van der Waals surface area (Å²) in [6, 6.07) is 0.179. The molecular weight excluding hydrogens is 277 g/mol. The summed E-state index contributed by atoms with van der Waals surface area (Å²) in [7, 11) is 0. The Labute approximate surface area is 116 Å². The van der Waals surface area contributed by atoms with E-state index in [-0.39, 0.29) is 28.5 Å². The highest BCUT2D eigenvalue weighted by Crippen LogP contribution is 2.09. The topological polar surface area (TPSA) is 79.8 Å². The van der Waals surface area contributed by atoms with Crippen molar-refractivity contribution in [3.05, 3.63) is 10.6 Å². The molecule has 1 unspecified atom stereocenters. The first-order chi connectivity index (χ1) is 8.51. The van der Waals surface area contributed by atoms with Gasteiger partial charge in [-0.2, -0.15) is 15.0 Å². The van der Waals surface area contributed by atoms with Gasteiger partial charge in [-0.05, 0) is 36.5 Å². The Bertz CT molecular complexity index is 395. The van der Waals surface area contributed by atoms with Crippen molar-refractivity contribution in [2.24, 2.45) is 0 Å². The molecule has 1 atom stereocenters. The second kappa shape index (κ2) is 7.33. The maximum atomic E-state index is 11.5. The summed E-state index contributed by atoms with van der Waals surface area (Å²) >= 11 is 11.2. The molecule has 1 amide bonds. The van der Waals surface area contributed by atoms with Crippen LogP contribution in [0.1, 0.15) is 26.7 Å². The van der Waals surface area contributed by atoms with E-state index in [0.717, 1.165) is 6.42 Å². The van der Waals surface area contributed by atoms with Gasteiger partial charge in [0.15, 0.2) is 0 Å². The third kappa shape index (κ3) is 5.46. The zero-order valence-corrected chi connectivity index (χ0v) is 11.7. The van der Waals surface area contributed by atoms with Crippen molar-refractivity contribution in [1.82, 2.24) is 20.3 Å². The van der Waals surface area contributed by atoms with E-state index in [1.807, 2.05) is 13.8 Å². The largest absolute Gasteiger partial charge is 0.354 e. The first-order valence-corrected chi connectivity index (χ1v) is 6.37. The van der Waals surface area contributed by atoms with E-state index < -0.39 is 0 Å². The molecule has 0 fully saturated rings. The predicted molar refractivity (Wildman–Crippen MR) is 70.8 cm³/mol. The molecule has 0 saturated carbocycles. The highest BCUT2D eigenvalue weighted by atomic mass is 35.5. The van der Waals surface area contributed by atoms with E-state index in [2.05, 4.69) is 25.6 Å². The molecule has 0 radical (unpaired) electrons. The zero-order chi connectivity index (χ0) is 13.5. The van der Waals surface area contributed by atoms with Crippen LogP contribution in [0.3, 0.4) is 0 Å². The van der Waals surface area contributed by atoms with Gasteiger partial charge in [0.2, 0.25) is 22.4 Å². The number of amides is 1. The van der Waals surface area contributed by atoms with Gasteiger partial charge in [-0.15, -0.1) is 0 Å². The van der Waals surface area contributed by atoms with E-state index in [1.165, 1.54) is 0 Å². The Morgan fingerprint density at radius 1 is 1.28 bits per heavy atom. The van der Waals surface area contributed by atoms with Crippen LogP contribution in [0.25, 0.3) is 0 Å². The molecule has 1 aromatic rings. The lowest BCUT2D eigenvalue weighted by Crippen LogP contribution is -2.33. The quantitative estimate of drug-likeness (QED) is 0.837. The summed E-state index contributed by atoms with van der Waals surface area (Å²) in [5.74, 6) is 0.236. The number of rotatable bonds is 6. The van der Waals surface area contributed by atoms with Crippen LogP contribution in [0.2, 0.25) is 10.6 Å². The summed E-state index contributed by atoms with van der Waals surface area (Å²) in [6.45, 7) is 4.37. The molecule has 0 saturated heterocycles. The molecule has 0 spiro atoms. The van der Waals surface area contributed by atoms with E-state index in [9.17, 15) is 4.79 Å². The van der Waals surface area contributed by atoms with Crippen molar-refractivity contribution in [3.63, 3.8) is 0 Å². The van der Waals surface area contributed by atoms with Crippen LogP contribution in [0, 0.1) is 0 Å². The Kier molecular flexibility index (Phi) is 6.07. The maximum Gasteiger partial charge on any atom is 0.228 e. The number of hydrogen-bond acceptors (Lipinski definition) is 5. The van der Waals surface area contributed by atoms with Crippen LogP contribution < -0.4 is 10.6 Å². The molecule has 0 aliphatic heterocycles. The van der Waals surface area contributed by atoms with E-state index in [4.69, 9.17) is 23.2 Å². The average Bonchev–Trinajstić information content (AvgIpc) is 2.27. The van der Waals surface area contributed by atoms with Crippen molar-refractivity contribution in [2.45, 2.75) is 32.7 Å². The fraction of sp³-hybridized carbons (Fsp3) is 0.600. The summed E-state index contributed by atoms with van der Waals surface area (Å²) in [6.07, 6.45) is 1.23. The minimum atomic E-state index is -0.0249. The van der Waals surface area contributed by atoms with Gasteiger partial charge >= 0.3 is 0 Å². The fourth-order valence-electron chi connectivity index (χ4n) is 1.14. The Morgan fingerprint density at radius 3 is 2.44 bits per heavy atom. The number of halogens is 2. The second-order valence-electron chi connectivity index (χ2n) is 3.75. The zero-order valence-electron chi connectivity index (χ0n) is 10.2. The third-order valence-electron chi connectivity index (χ3n) is 2.24. The van der Waals surface area contributed by atoms with Gasteiger partial charge in [0.1, 0.15) is 0 Å². The van der Waals surface area contributed by atoms with Gasteiger partial charge in [-0.1, -0.05) is 6.92 Å². The van der Waals surface area contributed by atoms with E-state index in [1.54, 1.807) is 0 Å². The molecule has 8 heteroatoms. The van der Waals surface area contributed by atoms with Gasteiger partial charge in [-0.25, -0.2) is 0 Å². The van der Waals surface area contributed by atoms with Crippen LogP contribution in [-0.4, -0.2) is 33.4 Å². The van der Waals surface area contributed by atoms with Crippen LogP contribution in [0.15, 0.2) is 0 Å². The lowest BCUT2D eigenvalue weighted by atomic mass is 10.2. The van der Waals surface area contributed by atoms with Crippen molar-refractivity contribution >= 4 is 35.1 Å². The van der Waals surface area contributed by atoms with Crippen LogP contribution in [0.4, 0.5) is 5.95 Å². The minimum absolute atomic E-state index is 0.0153. The first-order valence-electron chi connectivity index (χ1n) is 5.61. The van der Waals surface area contributed by atoms with Crippen LogP contribution >= 0.6 is 23.2 Å². The molecule has 1 aromatic heterocycles. The highest BCUT2D eigenvalue weighted by Gasteiger charge is 2.06. The normalized spacial score (nSPS) is 12.0. The molecule has 0 aromatic carbocycles. The van der Waals surface area contributed by atoms with Gasteiger partial charge in [-0.3, -0.25) is 4.79 Å². The van der Waals surface area contributed by atoms with Gasteiger partial charge in [0, 0.05) is 19.0 Å². The van der Waals surface area contributed by atoms with Gasteiger partial charge < -0.3 is 10.6 Å². The Hall–Kier alpha value is -1.14. The van der Waals surface area contributed by atoms with Gasteiger partial charge in [0.25, 0.3) is 0 Å². The monoisotopic (exact) mass is 291 g/mol. The van der Waals surface area contributed by atoms with Crippen LogP contribution in [-0.2, 0) is 4.79 Å².